The maximum Gasteiger partial charge on any atom is 0.137 e. The normalized spacial score (nSPS) is 10.7. The van der Waals surface area contributed by atoms with Gasteiger partial charge in [-0.3, -0.25) is 0 Å². The molecular formula is C15H14F3NO. The van der Waals surface area contributed by atoms with Crippen LogP contribution < -0.4 is 10.1 Å². The molecule has 1 N–H and O–H groups in total. The predicted octanol–water partition coefficient (Wildman–Crippen LogP) is 3.50. The number of nitrogens with one attached hydrogen (secondary N) is 1. The molecule has 2 nitrogen and oxygen atoms in total. The molecule has 0 heterocycles. The van der Waals surface area contributed by atoms with Crippen molar-refractivity contribution in [2.24, 2.45) is 0 Å². The fourth-order valence-electron chi connectivity index (χ4n) is 1.98. The number of benzene rings is 2. The maximum atomic E-state index is 13.9. The van der Waals surface area contributed by atoms with E-state index in [9.17, 15) is 13.2 Å². The predicted molar refractivity (Wildman–Crippen MR) is 71.1 cm³/mol. The molecule has 0 saturated carbocycles. The lowest BCUT2D eigenvalue weighted by molar-refractivity contribution is 0.407. The molecule has 0 spiro atoms. The molecule has 106 valence electrons. The van der Waals surface area contributed by atoms with Gasteiger partial charge in [0, 0.05) is 24.2 Å². The standard InChI is InChI=1S/C15H14F3NO/c1-19-8-10-4-3-9(5-12(10)16)15-13(17)6-11(20-2)7-14(15)18/h3-7,19H,8H2,1-2H3. The summed E-state index contributed by atoms with van der Waals surface area (Å²) in [5.41, 5.74) is 0.325. The van der Waals surface area contributed by atoms with Crippen molar-refractivity contribution in [3.63, 3.8) is 0 Å². The number of ether oxygens (including phenoxy) is 1. The highest BCUT2D eigenvalue weighted by Crippen LogP contribution is 2.30. The van der Waals surface area contributed by atoms with E-state index >= 15 is 0 Å². The van der Waals surface area contributed by atoms with Crippen molar-refractivity contribution in [1.82, 2.24) is 5.32 Å². The van der Waals surface area contributed by atoms with Gasteiger partial charge in [0.1, 0.15) is 23.2 Å². The van der Waals surface area contributed by atoms with E-state index in [4.69, 9.17) is 4.74 Å². The lowest BCUT2D eigenvalue weighted by atomic mass is 10.0. The lowest BCUT2D eigenvalue weighted by Crippen LogP contribution is -2.07. The molecule has 0 radical (unpaired) electrons. The Labute approximate surface area is 115 Å². The first kappa shape index (κ1) is 14.4. The molecule has 0 aromatic heterocycles. The number of methoxy groups -OCH3 is 1. The molecule has 20 heavy (non-hydrogen) atoms. The molecule has 0 amide bonds. The summed E-state index contributed by atoms with van der Waals surface area (Å²) in [6.07, 6.45) is 0. The van der Waals surface area contributed by atoms with Crippen LogP contribution >= 0.6 is 0 Å². The van der Waals surface area contributed by atoms with Gasteiger partial charge in [0.15, 0.2) is 0 Å². The Kier molecular flexibility index (Phi) is 4.29. The van der Waals surface area contributed by atoms with E-state index in [1.807, 2.05) is 0 Å². The summed E-state index contributed by atoms with van der Waals surface area (Å²) in [5, 5.41) is 2.82. The van der Waals surface area contributed by atoms with Gasteiger partial charge in [-0.25, -0.2) is 13.2 Å². The van der Waals surface area contributed by atoms with Gasteiger partial charge >= 0.3 is 0 Å². The van der Waals surface area contributed by atoms with Crippen molar-refractivity contribution < 1.29 is 17.9 Å². The van der Waals surface area contributed by atoms with Crippen LogP contribution in [0.2, 0.25) is 0 Å². The Bertz CT molecular complexity index is 606. The van der Waals surface area contributed by atoms with Crippen molar-refractivity contribution in [2.75, 3.05) is 14.2 Å². The van der Waals surface area contributed by atoms with Crippen LogP contribution in [0.4, 0.5) is 13.2 Å². The average Bonchev–Trinajstić information content (AvgIpc) is 2.41. The van der Waals surface area contributed by atoms with Crippen molar-refractivity contribution >= 4 is 0 Å². The number of hydrogen-bond acceptors (Lipinski definition) is 2. The quantitative estimate of drug-likeness (QED) is 0.926. The Balaban J connectivity index is 2.49. The summed E-state index contributed by atoms with van der Waals surface area (Å²) in [7, 11) is 3.01. The molecule has 0 aliphatic heterocycles. The fourth-order valence-corrected chi connectivity index (χ4v) is 1.98. The summed E-state index contributed by atoms with van der Waals surface area (Å²) in [6, 6.07) is 6.25. The number of halogens is 3. The highest BCUT2D eigenvalue weighted by molar-refractivity contribution is 5.66. The molecule has 0 atom stereocenters. The summed E-state index contributed by atoms with van der Waals surface area (Å²) in [4.78, 5) is 0. The Hall–Kier alpha value is -2.01. The van der Waals surface area contributed by atoms with Crippen molar-refractivity contribution in [1.29, 1.82) is 0 Å². The third kappa shape index (κ3) is 2.77. The molecule has 0 aliphatic carbocycles. The second-order valence-electron chi connectivity index (χ2n) is 4.30. The first-order valence-electron chi connectivity index (χ1n) is 6.03. The third-order valence-corrected chi connectivity index (χ3v) is 2.96. The topological polar surface area (TPSA) is 21.3 Å². The highest BCUT2D eigenvalue weighted by Gasteiger charge is 2.15. The van der Waals surface area contributed by atoms with E-state index in [1.54, 1.807) is 7.05 Å². The van der Waals surface area contributed by atoms with Gasteiger partial charge in [0.25, 0.3) is 0 Å². The van der Waals surface area contributed by atoms with Crippen LogP contribution in [0, 0.1) is 17.5 Å². The Morgan fingerprint density at radius 1 is 1.00 bits per heavy atom. The Morgan fingerprint density at radius 3 is 2.15 bits per heavy atom. The van der Waals surface area contributed by atoms with Crippen molar-refractivity contribution in [3.8, 4) is 16.9 Å². The van der Waals surface area contributed by atoms with Crippen LogP contribution in [0.5, 0.6) is 5.75 Å². The molecule has 0 unspecified atom stereocenters. The van der Waals surface area contributed by atoms with E-state index in [0.29, 0.717) is 12.1 Å². The number of rotatable bonds is 4. The van der Waals surface area contributed by atoms with Gasteiger partial charge in [0.05, 0.1) is 12.7 Å². The second kappa shape index (κ2) is 5.96. The van der Waals surface area contributed by atoms with Gasteiger partial charge in [-0.1, -0.05) is 12.1 Å². The second-order valence-corrected chi connectivity index (χ2v) is 4.30. The summed E-state index contributed by atoms with van der Waals surface area (Å²) in [5.74, 6) is -2.01. The van der Waals surface area contributed by atoms with Crippen LogP contribution in [0.1, 0.15) is 5.56 Å². The van der Waals surface area contributed by atoms with E-state index in [0.717, 1.165) is 18.2 Å². The zero-order valence-corrected chi connectivity index (χ0v) is 11.1. The van der Waals surface area contributed by atoms with E-state index in [-0.39, 0.29) is 16.9 Å². The minimum atomic E-state index is -0.789. The van der Waals surface area contributed by atoms with E-state index in [1.165, 1.54) is 19.2 Å². The summed E-state index contributed by atoms with van der Waals surface area (Å²) < 4.78 is 46.4. The highest BCUT2D eigenvalue weighted by atomic mass is 19.1. The van der Waals surface area contributed by atoms with Gasteiger partial charge < -0.3 is 10.1 Å². The van der Waals surface area contributed by atoms with Crippen LogP contribution in [-0.2, 0) is 6.54 Å². The molecule has 2 aromatic rings. The van der Waals surface area contributed by atoms with Crippen molar-refractivity contribution in [3.05, 3.63) is 53.3 Å². The minimum absolute atomic E-state index is 0.0797. The zero-order valence-electron chi connectivity index (χ0n) is 11.1. The van der Waals surface area contributed by atoms with Crippen LogP contribution in [0.25, 0.3) is 11.1 Å². The van der Waals surface area contributed by atoms with Crippen molar-refractivity contribution in [2.45, 2.75) is 6.54 Å². The Morgan fingerprint density at radius 2 is 1.65 bits per heavy atom. The molecular weight excluding hydrogens is 267 g/mol. The lowest BCUT2D eigenvalue weighted by Gasteiger charge is -2.09. The molecule has 2 aromatic carbocycles. The average molecular weight is 281 g/mol. The smallest absolute Gasteiger partial charge is 0.137 e. The number of hydrogen-bond donors (Lipinski definition) is 1. The molecule has 0 saturated heterocycles. The minimum Gasteiger partial charge on any atom is -0.497 e. The largest absolute Gasteiger partial charge is 0.497 e. The van der Waals surface area contributed by atoms with Crippen LogP contribution in [0.15, 0.2) is 30.3 Å². The van der Waals surface area contributed by atoms with Crippen LogP contribution in [0.3, 0.4) is 0 Å². The first-order valence-corrected chi connectivity index (χ1v) is 6.03. The molecule has 0 fully saturated rings. The maximum absolute atomic E-state index is 13.9. The summed E-state index contributed by atoms with van der Waals surface area (Å²) in [6.45, 7) is 0.347. The fraction of sp³-hybridized carbons (Fsp3) is 0.200. The summed E-state index contributed by atoms with van der Waals surface area (Å²) >= 11 is 0. The van der Waals surface area contributed by atoms with Gasteiger partial charge in [-0.2, -0.15) is 0 Å². The van der Waals surface area contributed by atoms with E-state index < -0.39 is 17.5 Å². The monoisotopic (exact) mass is 281 g/mol. The van der Waals surface area contributed by atoms with Gasteiger partial charge in [-0.15, -0.1) is 0 Å². The van der Waals surface area contributed by atoms with E-state index in [2.05, 4.69) is 5.32 Å². The van der Waals surface area contributed by atoms with Crippen LogP contribution in [-0.4, -0.2) is 14.2 Å². The molecule has 0 aliphatic rings. The SMILES string of the molecule is CNCc1ccc(-c2c(F)cc(OC)cc2F)cc1F. The first-order chi connectivity index (χ1) is 9.56. The van der Waals surface area contributed by atoms with Gasteiger partial charge in [0.2, 0.25) is 0 Å². The molecule has 2 rings (SSSR count). The molecule has 0 bridgehead atoms. The third-order valence-electron chi connectivity index (χ3n) is 2.96. The molecule has 5 heteroatoms. The zero-order chi connectivity index (χ0) is 14.7. The van der Waals surface area contributed by atoms with Gasteiger partial charge in [-0.05, 0) is 18.7 Å².